The maximum atomic E-state index is 11.4. The Bertz CT molecular complexity index is 1310. The van der Waals surface area contributed by atoms with Gasteiger partial charge in [-0.25, -0.2) is 9.89 Å². The van der Waals surface area contributed by atoms with E-state index in [0.717, 1.165) is 29.0 Å². The van der Waals surface area contributed by atoms with Crippen LogP contribution in [0.3, 0.4) is 0 Å². The van der Waals surface area contributed by atoms with E-state index in [2.05, 4.69) is 13.8 Å². The number of pyridine rings is 1. The monoisotopic (exact) mass is 463 g/mol. The number of nitrogens with zero attached hydrogens (tertiary/aromatic N) is 6. The number of fused-ring (bicyclic) bond motifs is 2. The second-order valence-corrected chi connectivity index (χ2v) is 9.32. The van der Waals surface area contributed by atoms with Crippen LogP contribution in [0.2, 0.25) is 0 Å². The van der Waals surface area contributed by atoms with Gasteiger partial charge in [-0.05, 0) is 56.4 Å². The molecule has 0 amide bonds. The van der Waals surface area contributed by atoms with Crippen molar-refractivity contribution < 1.29 is 14.4 Å². The van der Waals surface area contributed by atoms with Crippen LogP contribution in [0.4, 0.5) is 11.6 Å². The van der Waals surface area contributed by atoms with E-state index in [-0.39, 0.29) is 17.1 Å². The molecule has 1 aromatic rings. The molecular formula is C24H27N6O4+. The van der Waals surface area contributed by atoms with Crippen LogP contribution >= 0.6 is 0 Å². The summed E-state index contributed by atoms with van der Waals surface area (Å²) in [7, 11) is 3.30. The molecule has 0 N–H and O–H groups in total. The molecule has 10 heteroatoms. The molecule has 4 heterocycles. The van der Waals surface area contributed by atoms with Gasteiger partial charge in [0.25, 0.3) is 0 Å². The van der Waals surface area contributed by atoms with E-state index in [1.54, 1.807) is 26.2 Å². The highest BCUT2D eigenvalue weighted by molar-refractivity contribution is 6.08. The number of aliphatic imine (C=N–C) groups is 2. The quantitative estimate of drug-likeness (QED) is 0.371. The minimum atomic E-state index is -0.422. The molecule has 0 saturated heterocycles. The summed E-state index contributed by atoms with van der Waals surface area (Å²) in [6.45, 7) is 8.22. The molecule has 0 aromatic carbocycles. The predicted molar refractivity (Wildman–Crippen MR) is 128 cm³/mol. The Hall–Kier alpha value is -3.95. The third-order valence-electron chi connectivity index (χ3n) is 7.12. The molecule has 4 rings (SSSR count). The van der Waals surface area contributed by atoms with Crippen molar-refractivity contribution in [2.45, 2.75) is 39.5 Å². The molecule has 0 spiro atoms. The Balaban J connectivity index is 1.70. The fourth-order valence-electron chi connectivity index (χ4n) is 4.66. The Morgan fingerprint density at radius 2 is 1.82 bits per heavy atom. The Kier molecular flexibility index (Phi) is 5.34. The lowest BCUT2D eigenvalue weighted by Crippen LogP contribution is -2.34. The number of allylic oxidation sites excluding steroid dienone is 6. The molecule has 3 aliphatic rings. The first-order valence-corrected chi connectivity index (χ1v) is 11.0. The number of nitro groups is 2. The van der Waals surface area contributed by atoms with Crippen molar-refractivity contribution in [1.82, 2.24) is 4.90 Å². The van der Waals surface area contributed by atoms with Gasteiger partial charge in [-0.3, -0.25) is 10.1 Å². The van der Waals surface area contributed by atoms with Crippen LogP contribution in [0, 0.1) is 25.6 Å². The van der Waals surface area contributed by atoms with Crippen LogP contribution < -0.4 is 4.57 Å². The molecule has 1 unspecified atom stereocenters. The van der Waals surface area contributed by atoms with Gasteiger partial charge in [0.1, 0.15) is 12.0 Å². The van der Waals surface area contributed by atoms with Crippen LogP contribution in [-0.4, -0.2) is 33.3 Å². The van der Waals surface area contributed by atoms with Gasteiger partial charge in [0.2, 0.25) is 5.84 Å². The van der Waals surface area contributed by atoms with Crippen LogP contribution in [0.1, 0.15) is 39.7 Å². The number of hydrogen-bond acceptors (Lipinski definition) is 7. The van der Waals surface area contributed by atoms with Crippen molar-refractivity contribution in [3.8, 4) is 0 Å². The smallest absolute Gasteiger partial charge is 0.358 e. The zero-order chi connectivity index (χ0) is 25.0. The summed E-state index contributed by atoms with van der Waals surface area (Å²) in [6.07, 6.45) is 9.79. The molecule has 0 fully saturated rings. The summed E-state index contributed by atoms with van der Waals surface area (Å²) >= 11 is 0. The van der Waals surface area contributed by atoms with E-state index >= 15 is 0 Å². The lowest BCUT2D eigenvalue weighted by atomic mass is 9.77. The largest absolute Gasteiger partial charge is 0.503 e. The summed E-state index contributed by atoms with van der Waals surface area (Å²) in [4.78, 5) is 32.8. The maximum absolute atomic E-state index is 11.4. The molecular weight excluding hydrogens is 436 g/mol. The first-order valence-electron chi connectivity index (χ1n) is 11.0. The lowest BCUT2D eigenvalue weighted by molar-refractivity contribution is -0.705. The zero-order valence-electron chi connectivity index (χ0n) is 20.1. The van der Waals surface area contributed by atoms with Gasteiger partial charge in [0, 0.05) is 22.5 Å². The predicted octanol–water partition coefficient (Wildman–Crippen LogP) is 4.04. The number of rotatable bonds is 5. The fraction of sp³-hybridized carbons (Fsp3) is 0.375. The van der Waals surface area contributed by atoms with Gasteiger partial charge < -0.3 is 10.1 Å². The summed E-state index contributed by atoms with van der Waals surface area (Å²) in [6, 6.07) is 3.27. The maximum Gasteiger partial charge on any atom is 0.503 e. The molecule has 34 heavy (non-hydrogen) atoms. The van der Waals surface area contributed by atoms with Crippen molar-refractivity contribution in [2.24, 2.45) is 22.4 Å². The minimum absolute atomic E-state index is 0.0143. The summed E-state index contributed by atoms with van der Waals surface area (Å²) < 4.78 is 1.50. The normalized spacial score (nSPS) is 23.9. The molecule has 3 aliphatic heterocycles. The number of hydrogen-bond donors (Lipinski definition) is 0. The molecule has 0 bridgehead atoms. The zero-order valence-corrected chi connectivity index (χ0v) is 20.1. The fourth-order valence-corrected chi connectivity index (χ4v) is 4.66. The first-order chi connectivity index (χ1) is 15.9. The van der Waals surface area contributed by atoms with E-state index in [1.165, 1.54) is 21.6 Å². The summed E-state index contributed by atoms with van der Waals surface area (Å²) in [5.74, 6) is 1.12. The van der Waals surface area contributed by atoms with Crippen LogP contribution in [-0.2, 0) is 12.5 Å². The van der Waals surface area contributed by atoms with E-state index in [0.29, 0.717) is 11.7 Å². The molecule has 0 radical (unpaired) electrons. The van der Waals surface area contributed by atoms with Crippen molar-refractivity contribution >= 4 is 23.2 Å². The van der Waals surface area contributed by atoms with Crippen LogP contribution in [0.25, 0.3) is 0 Å². The van der Waals surface area contributed by atoms with E-state index in [4.69, 9.17) is 9.98 Å². The number of amidine groups is 1. The third-order valence-corrected chi connectivity index (χ3v) is 7.12. The van der Waals surface area contributed by atoms with Crippen molar-refractivity contribution in [1.29, 1.82) is 0 Å². The Morgan fingerprint density at radius 1 is 1.12 bits per heavy atom. The van der Waals surface area contributed by atoms with Crippen molar-refractivity contribution in [3.05, 3.63) is 85.4 Å². The van der Waals surface area contributed by atoms with Crippen molar-refractivity contribution in [3.63, 3.8) is 0 Å². The molecule has 1 aromatic heterocycles. The minimum Gasteiger partial charge on any atom is -0.358 e. The number of likely N-dealkylation sites (N-methyl/N-ethyl adjacent to an activating group) is 1. The average molecular weight is 464 g/mol. The highest BCUT2D eigenvalue weighted by Crippen LogP contribution is 2.47. The summed E-state index contributed by atoms with van der Waals surface area (Å²) in [5, 5.41) is 22.7. The topological polar surface area (TPSA) is 118 Å². The van der Waals surface area contributed by atoms with E-state index < -0.39 is 15.3 Å². The number of aromatic nitrogens is 1. The van der Waals surface area contributed by atoms with Gasteiger partial charge >= 0.3 is 17.5 Å². The van der Waals surface area contributed by atoms with Gasteiger partial charge in [-0.15, -0.1) is 4.57 Å². The molecule has 1 atom stereocenters. The standard InChI is InChI=1S/C24H27N6O4/c1-7-24(4)16-12-14-20(30(33)34)28(6)22(16)26-18(24)10-8-9-17-23(2,3)15-11-13-19(29(31)32)27(5)21(15)25-17/h8-14H,7H2,1-6H3/q+1. The molecule has 0 aliphatic carbocycles. The molecule has 176 valence electrons. The third kappa shape index (κ3) is 3.28. The second kappa shape index (κ2) is 7.82. The Morgan fingerprint density at radius 3 is 2.44 bits per heavy atom. The van der Waals surface area contributed by atoms with Gasteiger partial charge in [0.05, 0.1) is 30.1 Å². The Labute approximate surface area is 197 Å². The first kappa shape index (κ1) is 23.2. The lowest BCUT2D eigenvalue weighted by Gasteiger charge is -2.27. The highest BCUT2D eigenvalue weighted by Gasteiger charge is 2.46. The molecule has 0 saturated carbocycles. The second-order valence-electron chi connectivity index (χ2n) is 9.32. The van der Waals surface area contributed by atoms with E-state index in [1.807, 2.05) is 32.1 Å². The van der Waals surface area contributed by atoms with E-state index in [9.17, 15) is 20.2 Å². The molecule has 10 nitrogen and oxygen atoms in total. The SMILES string of the molecule is CCC1(C)C2=CC=C([N+](=O)[O-])N(C)C2=N/C1=C\C=C\C1=Nc2c(ccc([N+](=O)[O-])[n+]2C)C1(C)C. The van der Waals surface area contributed by atoms with Crippen LogP contribution in [0.15, 0.2) is 69.6 Å². The van der Waals surface area contributed by atoms with Crippen molar-refractivity contribution in [2.75, 3.05) is 7.05 Å². The average Bonchev–Trinajstić information content (AvgIpc) is 3.20. The van der Waals surface area contributed by atoms with Gasteiger partial charge in [0.15, 0.2) is 0 Å². The van der Waals surface area contributed by atoms with Crippen LogP contribution in [0.5, 0.6) is 0 Å². The summed E-state index contributed by atoms with van der Waals surface area (Å²) in [5.41, 5.74) is 2.67. The highest BCUT2D eigenvalue weighted by atomic mass is 16.6. The van der Waals surface area contributed by atoms with Gasteiger partial charge in [-0.1, -0.05) is 13.0 Å². The van der Waals surface area contributed by atoms with Gasteiger partial charge in [-0.2, -0.15) is 4.99 Å².